The topological polar surface area (TPSA) is 134 Å². The zero-order chi connectivity index (χ0) is 22.5. The predicted octanol–water partition coefficient (Wildman–Crippen LogP) is 3.91. The van der Waals surface area contributed by atoms with Gasteiger partial charge in [0.15, 0.2) is 5.16 Å². The molecule has 2 heterocycles. The molecule has 0 radical (unpaired) electrons. The maximum atomic E-state index is 13.2. The third-order valence-electron chi connectivity index (χ3n) is 4.32. The van der Waals surface area contributed by atoms with E-state index in [4.69, 9.17) is 5.73 Å². The van der Waals surface area contributed by atoms with Gasteiger partial charge in [0, 0.05) is 17.5 Å². The number of benzene rings is 2. The van der Waals surface area contributed by atoms with Crippen LogP contribution >= 0.6 is 11.8 Å². The fourth-order valence-electron chi connectivity index (χ4n) is 2.74. The molecule has 0 aliphatic rings. The van der Waals surface area contributed by atoms with Gasteiger partial charge in [-0.3, -0.25) is 9.89 Å². The first-order chi connectivity index (χ1) is 15.5. The van der Waals surface area contributed by atoms with Gasteiger partial charge in [-0.05, 0) is 48.9 Å². The number of nitrogens with one attached hydrogen (secondary N) is 3. The lowest BCUT2D eigenvalue weighted by molar-refractivity contribution is 0.102. The summed E-state index contributed by atoms with van der Waals surface area (Å²) in [5, 5.41) is 13.1. The van der Waals surface area contributed by atoms with Crippen LogP contribution < -0.4 is 16.4 Å². The quantitative estimate of drug-likeness (QED) is 0.189. The number of H-pyrrole nitrogens is 1. The molecule has 2 aromatic heterocycles. The van der Waals surface area contributed by atoms with E-state index in [0.29, 0.717) is 39.8 Å². The van der Waals surface area contributed by atoms with Crippen molar-refractivity contribution in [1.82, 2.24) is 25.1 Å². The number of amides is 1. The van der Waals surface area contributed by atoms with Crippen molar-refractivity contribution in [1.29, 1.82) is 0 Å². The highest BCUT2D eigenvalue weighted by Crippen LogP contribution is 2.23. The summed E-state index contributed by atoms with van der Waals surface area (Å²) in [7, 11) is 0. The van der Waals surface area contributed by atoms with Crippen LogP contribution in [0.1, 0.15) is 21.7 Å². The minimum atomic E-state index is -0.458. The molecule has 4 rings (SSSR count). The molecule has 0 spiro atoms. The second-order valence-electron chi connectivity index (χ2n) is 6.77. The minimum Gasteiger partial charge on any atom is -0.397 e. The van der Waals surface area contributed by atoms with Gasteiger partial charge in [0.1, 0.15) is 17.5 Å². The van der Waals surface area contributed by atoms with Gasteiger partial charge < -0.3 is 16.4 Å². The van der Waals surface area contributed by atoms with Gasteiger partial charge in [0.25, 0.3) is 5.91 Å². The molecule has 0 bridgehead atoms. The number of halogens is 1. The van der Waals surface area contributed by atoms with Gasteiger partial charge in [0.05, 0.1) is 11.4 Å². The Hall–Kier alpha value is -3.99. The van der Waals surface area contributed by atoms with Crippen LogP contribution in [0.2, 0.25) is 0 Å². The molecule has 4 aromatic rings. The van der Waals surface area contributed by atoms with Gasteiger partial charge in [-0.2, -0.15) is 4.98 Å². The van der Waals surface area contributed by atoms with E-state index in [1.807, 2.05) is 19.1 Å². The number of carbonyl (C=O) groups excluding carboxylic acids is 1. The van der Waals surface area contributed by atoms with Gasteiger partial charge in [-0.15, -0.1) is 5.10 Å². The van der Waals surface area contributed by atoms with E-state index in [1.165, 1.54) is 23.9 Å². The average Bonchev–Trinajstić information content (AvgIpc) is 3.19. The Bertz CT molecular complexity index is 1240. The molecule has 162 valence electrons. The summed E-state index contributed by atoms with van der Waals surface area (Å²) >= 11 is 1.46. The number of hydrogen-bond acceptors (Lipinski definition) is 8. The molecule has 0 fully saturated rings. The first-order valence-electron chi connectivity index (χ1n) is 9.53. The zero-order valence-corrected chi connectivity index (χ0v) is 17.8. The average molecular weight is 451 g/mol. The van der Waals surface area contributed by atoms with Gasteiger partial charge in [-0.1, -0.05) is 23.9 Å². The van der Waals surface area contributed by atoms with Crippen molar-refractivity contribution >= 4 is 40.8 Å². The number of nitrogens with zero attached hydrogens (tertiary/aromatic N) is 4. The molecule has 0 aliphatic carbocycles. The second-order valence-corrected chi connectivity index (χ2v) is 7.71. The van der Waals surface area contributed by atoms with Crippen molar-refractivity contribution in [3.05, 3.63) is 77.5 Å². The second kappa shape index (κ2) is 9.43. The molecular weight excluding hydrogens is 431 g/mol. The summed E-state index contributed by atoms with van der Waals surface area (Å²) < 4.78 is 13.2. The molecule has 0 aliphatic heterocycles. The number of aromatic nitrogens is 5. The summed E-state index contributed by atoms with van der Waals surface area (Å²) in [6.45, 7) is 1.81. The van der Waals surface area contributed by atoms with Crippen LogP contribution in [0.4, 0.5) is 27.5 Å². The van der Waals surface area contributed by atoms with Crippen molar-refractivity contribution in [2.75, 3.05) is 16.4 Å². The molecule has 0 saturated carbocycles. The summed E-state index contributed by atoms with van der Waals surface area (Å²) in [5.74, 6) is 1.57. The maximum absolute atomic E-state index is 13.2. The molecular formula is C21H19FN8OS. The third-order valence-corrected chi connectivity index (χ3v) is 5.25. The standard InChI is InChI=1S/C21H19FN8OS/c1-12-25-20(30-29-12)27-18-8-9-24-21(28-18)32-11-13-2-4-14(5-3-13)19(31)26-17-7-6-15(22)10-16(17)23/h2-10H,11,23H2,1H3,(H,26,31)(H2,24,25,27,28,29,30). The van der Waals surface area contributed by atoms with Crippen molar-refractivity contribution < 1.29 is 9.18 Å². The Morgan fingerprint density at radius 3 is 2.69 bits per heavy atom. The highest BCUT2D eigenvalue weighted by Gasteiger charge is 2.10. The van der Waals surface area contributed by atoms with Crippen molar-refractivity contribution in [2.24, 2.45) is 0 Å². The van der Waals surface area contributed by atoms with Gasteiger partial charge >= 0.3 is 0 Å². The number of hydrogen-bond donors (Lipinski definition) is 4. The normalized spacial score (nSPS) is 10.7. The van der Waals surface area contributed by atoms with Crippen LogP contribution in [0.5, 0.6) is 0 Å². The molecule has 9 nitrogen and oxygen atoms in total. The number of nitrogen functional groups attached to an aromatic ring is 1. The third kappa shape index (κ3) is 5.38. The van der Waals surface area contributed by atoms with Crippen molar-refractivity contribution in [3.8, 4) is 0 Å². The largest absolute Gasteiger partial charge is 0.397 e. The van der Waals surface area contributed by atoms with Crippen molar-refractivity contribution in [3.63, 3.8) is 0 Å². The van der Waals surface area contributed by atoms with Crippen LogP contribution in [0.15, 0.2) is 59.9 Å². The maximum Gasteiger partial charge on any atom is 0.255 e. The fourth-order valence-corrected chi connectivity index (χ4v) is 3.52. The number of nitrogens with two attached hydrogens (primary N) is 1. The molecule has 32 heavy (non-hydrogen) atoms. The Morgan fingerprint density at radius 2 is 1.97 bits per heavy atom. The lowest BCUT2D eigenvalue weighted by Gasteiger charge is -2.09. The SMILES string of the molecule is Cc1nc(Nc2ccnc(SCc3ccc(C(=O)Nc4ccc(F)cc4N)cc3)n2)n[nH]1. The highest BCUT2D eigenvalue weighted by molar-refractivity contribution is 7.98. The van der Waals surface area contributed by atoms with Crippen molar-refractivity contribution in [2.45, 2.75) is 17.8 Å². The molecule has 11 heteroatoms. The summed E-state index contributed by atoms with van der Waals surface area (Å²) in [4.78, 5) is 25.3. The lowest BCUT2D eigenvalue weighted by atomic mass is 10.1. The smallest absolute Gasteiger partial charge is 0.255 e. The number of thioether (sulfide) groups is 1. The van der Waals surface area contributed by atoms with E-state index in [-0.39, 0.29) is 11.6 Å². The number of rotatable bonds is 7. The predicted molar refractivity (Wildman–Crippen MR) is 121 cm³/mol. The Balaban J connectivity index is 1.34. The summed E-state index contributed by atoms with van der Waals surface area (Å²) in [5.41, 5.74) is 7.73. The number of carbonyl (C=O) groups is 1. The zero-order valence-electron chi connectivity index (χ0n) is 17.0. The van der Waals surface area contributed by atoms with Crippen LogP contribution in [0, 0.1) is 12.7 Å². The van der Waals surface area contributed by atoms with E-state index in [9.17, 15) is 9.18 Å². The fraction of sp³-hybridized carbons (Fsp3) is 0.0952. The number of aryl methyl sites for hydroxylation is 1. The summed E-state index contributed by atoms with van der Waals surface area (Å²) in [6, 6.07) is 12.7. The highest BCUT2D eigenvalue weighted by atomic mass is 32.2. The lowest BCUT2D eigenvalue weighted by Crippen LogP contribution is -2.13. The monoisotopic (exact) mass is 450 g/mol. The number of aromatic amines is 1. The van der Waals surface area contributed by atoms with Gasteiger partial charge in [0.2, 0.25) is 5.95 Å². The Labute approximate surface area is 187 Å². The summed E-state index contributed by atoms with van der Waals surface area (Å²) in [6.07, 6.45) is 1.66. The first kappa shape index (κ1) is 21.2. The van der Waals surface area contributed by atoms with Crippen LogP contribution in [0.3, 0.4) is 0 Å². The number of anilines is 4. The van der Waals surface area contributed by atoms with E-state index >= 15 is 0 Å². The molecule has 0 atom stereocenters. The van der Waals surface area contributed by atoms with E-state index in [2.05, 4.69) is 35.8 Å². The van der Waals surface area contributed by atoms with Crippen LogP contribution in [-0.2, 0) is 5.75 Å². The van der Waals surface area contributed by atoms with Gasteiger partial charge in [-0.25, -0.2) is 14.4 Å². The molecule has 5 N–H and O–H groups in total. The van der Waals surface area contributed by atoms with Crippen LogP contribution in [0.25, 0.3) is 0 Å². The molecule has 1 amide bonds. The van der Waals surface area contributed by atoms with E-state index in [1.54, 1.807) is 24.4 Å². The van der Waals surface area contributed by atoms with Crippen LogP contribution in [-0.4, -0.2) is 31.1 Å². The molecule has 0 saturated heterocycles. The molecule has 2 aromatic carbocycles. The Morgan fingerprint density at radius 1 is 1.16 bits per heavy atom. The van der Waals surface area contributed by atoms with E-state index < -0.39 is 5.82 Å². The van der Waals surface area contributed by atoms with E-state index in [0.717, 1.165) is 11.6 Å². The molecule has 0 unspecified atom stereocenters. The first-order valence-corrected chi connectivity index (χ1v) is 10.5. The minimum absolute atomic E-state index is 0.168. The Kier molecular flexibility index (Phi) is 6.26.